The van der Waals surface area contributed by atoms with Crippen LogP contribution < -0.4 is 15.8 Å². The zero-order chi connectivity index (χ0) is 21.7. The SMILES string of the molecule is NC(=O)Cc1ccccc1NC(=O)c1cccc(S(=O)(=O)Nc2ccccc2F)c1. The van der Waals surface area contributed by atoms with E-state index in [1.54, 1.807) is 24.3 Å². The molecule has 0 heterocycles. The molecule has 9 heteroatoms. The van der Waals surface area contributed by atoms with Crippen molar-refractivity contribution in [3.05, 3.63) is 89.7 Å². The third-order valence-electron chi connectivity index (χ3n) is 4.15. The number of nitrogens with one attached hydrogen (secondary N) is 2. The second-order valence-electron chi connectivity index (χ2n) is 6.37. The van der Waals surface area contributed by atoms with Crippen molar-refractivity contribution in [1.82, 2.24) is 0 Å². The highest BCUT2D eigenvalue weighted by Crippen LogP contribution is 2.21. The van der Waals surface area contributed by atoms with E-state index < -0.39 is 27.7 Å². The lowest BCUT2D eigenvalue weighted by atomic mass is 10.1. The molecule has 7 nitrogen and oxygen atoms in total. The van der Waals surface area contributed by atoms with E-state index in [1.165, 1.54) is 42.5 Å². The lowest BCUT2D eigenvalue weighted by Crippen LogP contribution is -2.18. The van der Waals surface area contributed by atoms with E-state index in [1.807, 2.05) is 0 Å². The summed E-state index contributed by atoms with van der Waals surface area (Å²) < 4.78 is 41.2. The number of amides is 2. The molecule has 0 aromatic heterocycles. The van der Waals surface area contributed by atoms with Crippen LogP contribution in [0.3, 0.4) is 0 Å². The van der Waals surface area contributed by atoms with Gasteiger partial charge in [0.2, 0.25) is 5.91 Å². The van der Waals surface area contributed by atoms with Crippen LogP contribution in [0, 0.1) is 5.82 Å². The molecular weight excluding hydrogens is 409 g/mol. The van der Waals surface area contributed by atoms with E-state index in [0.717, 1.165) is 6.07 Å². The number of benzene rings is 3. The summed E-state index contributed by atoms with van der Waals surface area (Å²) in [6.45, 7) is 0. The molecule has 0 aliphatic heterocycles. The molecule has 154 valence electrons. The number of nitrogens with two attached hydrogens (primary N) is 1. The monoisotopic (exact) mass is 427 g/mol. The summed E-state index contributed by atoms with van der Waals surface area (Å²) in [5.41, 5.74) is 6.01. The number of anilines is 2. The van der Waals surface area contributed by atoms with Gasteiger partial charge in [-0.25, -0.2) is 12.8 Å². The Kier molecular flexibility index (Phi) is 6.12. The molecule has 0 unspecified atom stereocenters. The summed E-state index contributed by atoms with van der Waals surface area (Å²) in [7, 11) is -4.12. The largest absolute Gasteiger partial charge is 0.369 e. The van der Waals surface area contributed by atoms with E-state index in [4.69, 9.17) is 5.73 Å². The van der Waals surface area contributed by atoms with Gasteiger partial charge in [-0.1, -0.05) is 36.4 Å². The highest BCUT2D eigenvalue weighted by Gasteiger charge is 2.18. The Hall–Kier alpha value is -3.72. The Bertz CT molecular complexity index is 1210. The molecular formula is C21H18FN3O4S. The second-order valence-corrected chi connectivity index (χ2v) is 8.05. The Morgan fingerprint density at radius 2 is 1.57 bits per heavy atom. The highest BCUT2D eigenvalue weighted by molar-refractivity contribution is 7.92. The molecule has 3 rings (SSSR count). The number of halogens is 1. The third-order valence-corrected chi connectivity index (χ3v) is 5.52. The van der Waals surface area contributed by atoms with Crippen molar-refractivity contribution in [2.75, 3.05) is 10.0 Å². The van der Waals surface area contributed by atoms with Gasteiger partial charge in [0.25, 0.3) is 15.9 Å². The standard InChI is InChI=1S/C21H18FN3O4S/c22-17-9-2-4-11-19(17)25-30(28,29)16-8-5-7-15(12-16)21(27)24-18-10-3-1-6-14(18)13-20(23)26/h1-12,25H,13H2,(H2,23,26)(H,24,27). The first-order valence-corrected chi connectivity index (χ1v) is 10.3. The average molecular weight is 427 g/mol. The quantitative estimate of drug-likeness (QED) is 0.537. The van der Waals surface area contributed by atoms with Crippen LogP contribution in [0.25, 0.3) is 0 Å². The molecule has 0 bridgehead atoms. The lowest BCUT2D eigenvalue weighted by Gasteiger charge is -2.12. The third kappa shape index (κ3) is 5.00. The second kappa shape index (κ2) is 8.75. The molecule has 30 heavy (non-hydrogen) atoms. The van der Waals surface area contributed by atoms with Gasteiger partial charge in [0.05, 0.1) is 17.0 Å². The molecule has 4 N–H and O–H groups in total. The van der Waals surface area contributed by atoms with Crippen LogP contribution >= 0.6 is 0 Å². The van der Waals surface area contributed by atoms with Crippen LogP contribution in [-0.2, 0) is 21.2 Å². The van der Waals surface area contributed by atoms with Crippen LogP contribution in [0.1, 0.15) is 15.9 Å². The fourth-order valence-corrected chi connectivity index (χ4v) is 3.84. The predicted molar refractivity (Wildman–Crippen MR) is 111 cm³/mol. The van der Waals surface area contributed by atoms with Crippen LogP contribution in [0.15, 0.2) is 77.7 Å². The Morgan fingerprint density at radius 1 is 0.900 bits per heavy atom. The number of carbonyl (C=O) groups is 2. The molecule has 0 fully saturated rings. The zero-order valence-corrected chi connectivity index (χ0v) is 16.4. The minimum atomic E-state index is -4.12. The fraction of sp³-hybridized carbons (Fsp3) is 0.0476. The van der Waals surface area contributed by atoms with Crippen molar-refractivity contribution in [2.24, 2.45) is 5.73 Å². The first-order chi connectivity index (χ1) is 14.3. The molecule has 0 spiro atoms. The minimum absolute atomic E-state index is 0.0581. The van der Waals surface area contributed by atoms with Gasteiger partial charge < -0.3 is 11.1 Å². The van der Waals surface area contributed by atoms with E-state index >= 15 is 0 Å². The van der Waals surface area contributed by atoms with Gasteiger partial charge in [-0.2, -0.15) is 0 Å². The Morgan fingerprint density at radius 3 is 2.27 bits per heavy atom. The van der Waals surface area contributed by atoms with Crippen LogP contribution in [0.4, 0.5) is 15.8 Å². The van der Waals surface area contributed by atoms with Gasteiger partial charge in [-0.3, -0.25) is 14.3 Å². The van der Waals surface area contributed by atoms with Crippen molar-refractivity contribution in [3.8, 4) is 0 Å². The summed E-state index contributed by atoms with van der Waals surface area (Å²) >= 11 is 0. The number of sulfonamides is 1. The molecule has 3 aromatic carbocycles. The zero-order valence-electron chi connectivity index (χ0n) is 15.6. The number of hydrogen-bond acceptors (Lipinski definition) is 4. The van der Waals surface area contributed by atoms with Crippen molar-refractivity contribution >= 4 is 33.2 Å². The summed E-state index contributed by atoms with van der Waals surface area (Å²) in [5.74, 6) is -1.85. The van der Waals surface area contributed by atoms with E-state index in [9.17, 15) is 22.4 Å². The summed E-state index contributed by atoms with van der Waals surface area (Å²) in [6, 6.07) is 17.3. The minimum Gasteiger partial charge on any atom is -0.369 e. The summed E-state index contributed by atoms with van der Waals surface area (Å²) in [4.78, 5) is 23.7. The molecule has 0 radical (unpaired) electrons. The maximum absolute atomic E-state index is 13.8. The number of carbonyl (C=O) groups excluding carboxylic acids is 2. The highest BCUT2D eigenvalue weighted by atomic mass is 32.2. The van der Waals surface area contributed by atoms with Crippen molar-refractivity contribution in [2.45, 2.75) is 11.3 Å². The topological polar surface area (TPSA) is 118 Å². The smallest absolute Gasteiger partial charge is 0.262 e. The van der Waals surface area contributed by atoms with Crippen molar-refractivity contribution in [1.29, 1.82) is 0 Å². The van der Waals surface area contributed by atoms with E-state index in [2.05, 4.69) is 10.0 Å². The number of hydrogen-bond donors (Lipinski definition) is 3. The maximum Gasteiger partial charge on any atom is 0.262 e. The summed E-state index contributed by atoms with van der Waals surface area (Å²) in [6.07, 6.45) is -0.0581. The normalized spacial score (nSPS) is 11.0. The molecule has 2 amide bonds. The summed E-state index contributed by atoms with van der Waals surface area (Å²) in [5, 5.41) is 2.65. The maximum atomic E-state index is 13.8. The number of primary amides is 1. The van der Waals surface area contributed by atoms with Crippen molar-refractivity contribution < 1.29 is 22.4 Å². The first-order valence-electron chi connectivity index (χ1n) is 8.81. The molecule has 0 atom stereocenters. The Labute approximate surface area is 172 Å². The Balaban J connectivity index is 1.84. The predicted octanol–water partition coefficient (Wildman–Crippen LogP) is 2.91. The van der Waals surface area contributed by atoms with Gasteiger partial charge >= 0.3 is 0 Å². The van der Waals surface area contributed by atoms with Gasteiger partial charge in [-0.15, -0.1) is 0 Å². The van der Waals surface area contributed by atoms with E-state index in [0.29, 0.717) is 11.3 Å². The van der Waals surface area contributed by atoms with Gasteiger partial charge in [0, 0.05) is 11.3 Å². The molecule has 0 saturated carbocycles. The van der Waals surface area contributed by atoms with Crippen LogP contribution in [0.2, 0.25) is 0 Å². The fourth-order valence-electron chi connectivity index (χ4n) is 2.73. The van der Waals surface area contributed by atoms with Gasteiger partial charge in [0.15, 0.2) is 0 Å². The van der Waals surface area contributed by atoms with Crippen LogP contribution in [-0.4, -0.2) is 20.2 Å². The molecule has 0 saturated heterocycles. The van der Waals surface area contributed by atoms with E-state index in [-0.39, 0.29) is 22.6 Å². The van der Waals surface area contributed by atoms with Gasteiger partial charge in [0.1, 0.15) is 5.82 Å². The molecule has 0 aliphatic carbocycles. The van der Waals surface area contributed by atoms with Crippen molar-refractivity contribution in [3.63, 3.8) is 0 Å². The molecule has 3 aromatic rings. The van der Waals surface area contributed by atoms with Crippen LogP contribution in [0.5, 0.6) is 0 Å². The first kappa shape index (κ1) is 21.0. The average Bonchev–Trinajstić information content (AvgIpc) is 2.71. The number of rotatable bonds is 7. The molecule has 0 aliphatic rings. The number of para-hydroxylation sites is 2. The van der Waals surface area contributed by atoms with Gasteiger partial charge in [-0.05, 0) is 42.0 Å². The lowest BCUT2D eigenvalue weighted by molar-refractivity contribution is -0.117.